The molecule has 2 atom stereocenters. The summed E-state index contributed by atoms with van der Waals surface area (Å²) in [6.45, 7) is 4.91. The van der Waals surface area contributed by atoms with Crippen LogP contribution in [0.4, 0.5) is 0 Å². The Bertz CT molecular complexity index is 1320. The zero-order valence-corrected chi connectivity index (χ0v) is 53.1. The van der Waals surface area contributed by atoms with Crippen LogP contribution in [0, 0.1) is 0 Å². The van der Waals surface area contributed by atoms with E-state index in [2.05, 4.69) is 55.6 Å². The van der Waals surface area contributed by atoms with Crippen molar-refractivity contribution in [2.75, 3.05) is 13.2 Å². The first-order valence-electron chi connectivity index (χ1n) is 35.4. The average molecular weight is 1110 g/mol. The van der Waals surface area contributed by atoms with E-state index < -0.39 is 12.1 Å². The highest BCUT2D eigenvalue weighted by atomic mass is 16.5. The number of carbonyl (C=O) groups excluding carboxylic acids is 2. The Kier molecular flexibility index (Phi) is 66.4. The molecule has 0 aromatic carbocycles. The SMILES string of the molecule is CCCCCC/C=C\C/C=C\CCCCCCCCCC(=O)OCCCCCCCCCCCCCC/C=C\CCCCCCCCCCCCC(=O)NC(CO)C(O)/C=C/CCCCCCCCCCCCCCCCCC. The fourth-order valence-electron chi connectivity index (χ4n) is 10.9. The van der Waals surface area contributed by atoms with Gasteiger partial charge < -0.3 is 20.3 Å². The molecule has 0 aliphatic rings. The molecule has 0 aliphatic carbocycles. The summed E-state index contributed by atoms with van der Waals surface area (Å²) in [7, 11) is 0. The number of carbonyl (C=O) groups is 2. The quantitative estimate of drug-likeness (QED) is 0.0320. The van der Waals surface area contributed by atoms with E-state index in [1.165, 1.54) is 302 Å². The van der Waals surface area contributed by atoms with Gasteiger partial charge in [-0.3, -0.25) is 9.59 Å². The topological polar surface area (TPSA) is 95.9 Å². The predicted molar refractivity (Wildman–Crippen MR) is 347 cm³/mol. The molecule has 0 saturated heterocycles. The van der Waals surface area contributed by atoms with E-state index in [9.17, 15) is 19.8 Å². The summed E-state index contributed by atoms with van der Waals surface area (Å²) in [5, 5.41) is 23.2. The van der Waals surface area contributed by atoms with E-state index in [0.717, 1.165) is 51.4 Å². The lowest BCUT2D eigenvalue weighted by atomic mass is 10.0. The van der Waals surface area contributed by atoms with Gasteiger partial charge in [-0.2, -0.15) is 0 Å². The molecule has 0 rings (SSSR count). The van der Waals surface area contributed by atoms with E-state index in [1.54, 1.807) is 6.08 Å². The maximum Gasteiger partial charge on any atom is 0.305 e. The van der Waals surface area contributed by atoms with Crippen LogP contribution in [0.5, 0.6) is 0 Å². The van der Waals surface area contributed by atoms with Gasteiger partial charge >= 0.3 is 5.97 Å². The molecule has 6 heteroatoms. The predicted octanol–water partition coefficient (Wildman–Crippen LogP) is 22.9. The minimum Gasteiger partial charge on any atom is -0.466 e. The summed E-state index contributed by atoms with van der Waals surface area (Å²) in [4.78, 5) is 24.6. The number of rotatable bonds is 66. The minimum absolute atomic E-state index is 0.00676. The minimum atomic E-state index is -0.847. The second kappa shape index (κ2) is 68.3. The smallest absolute Gasteiger partial charge is 0.305 e. The number of aliphatic hydroxyl groups excluding tert-OH is 2. The molecule has 0 bridgehead atoms. The van der Waals surface area contributed by atoms with Crippen molar-refractivity contribution in [1.82, 2.24) is 5.32 Å². The van der Waals surface area contributed by atoms with Crippen LogP contribution in [0.1, 0.15) is 380 Å². The Balaban J connectivity index is 3.41. The van der Waals surface area contributed by atoms with Crippen molar-refractivity contribution in [2.45, 2.75) is 392 Å². The van der Waals surface area contributed by atoms with Gasteiger partial charge in [-0.1, -0.05) is 326 Å². The number of aliphatic hydroxyl groups is 2. The highest BCUT2D eigenvalue weighted by Crippen LogP contribution is 2.18. The number of nitrogens with one attached hydrogen (secondary N) is 1. The van der Waals surface area contributed by atoms with Gasteiger partial charge in [0.05, 0.1) is 25.4 Å². The van der Waals surface area contributed by atoms with Crippen LogP contribution in [0.25, 0.3) is 0 Å². The van der Waals surface area contributed by atoms with Crippen molar-refractivity contribution in [3.8, 4) is 0 Å². The molecule has 0 aromatic heterocycles. The third-order valence-corrected chi connectivity index (χ3v) is 16.3. The van der Waals surface area contributed by atoms with Gasteiger partial charge in [0.2, 0.25) is 5.91 Å². The molecular formula is C73H137NO5. The van der Waals surface area contributed by atoms with Crippen LogP contribution >= 0.6 is 0 Å². The molecule has 1 amide bonds. The van der Waals surface area contributed by atoms with Gasteiger partial charge in [-0.05, 0) is 89.9 Å². The lowest BCUT2D eigenvalue weighted by Gasteiger charge is -2.20. The maximum atomic E-state index is 12.5. The molecule has 464 valence electrons. The lowest BCUT2D eigenvalue weighted by Crippen LogP contribution is -2.45. The van der Waals surface area contributed by atoms with Crippen LogP contribution in [0.3, 0.4) is 0 Å². The molecule has 0 radical (unpaired) electrons. The fraction of sp³-hybridized carbons (Fsp3) is 0.863. The molecule has 0 aromatic rings. The van der Waals surface area contributed by atoms with Crippen molar-refractivity contribution in [3.63, 3.8) is 0 Å². The molecule has 3 N–H and O–H groups in total. The highest BCUT2D eigenvalue weighted by Gasteiger charge is 2.18. The van der Waals surface area contributed by atoms with E-state index in [4.69, 9.17) is 4.74 Å². The summed E-state index contributed by atoms with van der Waals surface area (Å²) < 4.78 is 5.50. The summed E-state index contributed by atoms with van der Waals surface area (Å²) in [6.07, 6.45) is 89.0. The third kappa shape index (κ3) is 64.8. The van der Waals surface area contributed by atoms with E-state index in [0.29, 0.717) is 19.4 Å². The standard InChI is InChI=1S/C73H137NO5/c1-3-5-7-9-11-13-15-17-19-21-33-37-41-45-49-53-57-61-65-71(76)70(69-75)74-72(77)66-62-58-54-50-46-42-38-34-31-29-27-25-23-24-26-28-30-32-36-40-44-48-52-56-60-64-68-79-73(78)67-63-59-55-51-47-43-39-35-22-20-18-16-14-12-10-8-6-4-2/h14,16,20,22-23,25,61,65,70-71,75-76H,3-13,15,17-19,21,24,26-60,62-64,66-69H2,1-2H3,(H,74,77)/b16-14-,22-20-,25-23-,65-61+. The summed E-state index contributed by atoms with van der Waals surface area (Å²) in [5.41, 5.74) is 0. The maximum absolute atomic E-state index is 12.5. The number of allylic oxidation sites excluding steroid dienone is 7. The Morgan fingerprint density at radius 1 is 0.354 bits per heavy atom. The average Bonchev–Trinajstić information content (AvgIpc) is 3.45. The second-order valence-corrected chi connectivity index (χ2v) is 24.2. The van der Waals surface area contributed by atoms with Gasteiger partial charge in [0.15, 0.2) is 0 Å². The van der Waals surface area contributed by atoms with Crippen LogP contribution < -0.4 is 5.32 Å². The summed E-state index contributed by atoms with van der Waals surface area (Å²) in [5.74, 6) is -0.0607. The Labute approximate surface area is 493 Å². The molecule has 0 saturated carbocycles. The summed E-state index contributed by atoms with van der Waals surface area (Å²) in [6, 6.07) is -0.631. The molecule has 2 unspecified atom stereocenters. The number of amides is 1. The van der Waals surface area contributed by atoms with E-state index in [1.807, 2.05) is 6.08 Å². The van der Waals surface area contributed by atoms with Crippen LogP contribution in [-0.2, 0) is 14.3 Å². The molecule has 79 heavy (non-hydrogen) atoms. The van der Waals surface area contributed by atoms with Gasteiger partial charge in [-0.25, -0.2) is 0 Å². The Morgan fingerprint density at radius 3 is 0.987 bits per heavy atom. The second-order valence-electron chi connectivity index (χ2n) is 24.2. The van der Waals surface area contributed by atoms with Crippen LogP contribution in [-0.4, -0.2) is 47.4 Å². The zero-order chi connectivity index (χ0) is 57.1. The molecule has 0 spiro atoms. The number of esters is 1. The zero-order valence-electron chi connectivity index (χ0n) is 53.1. The summed E-state index contributed by atoms with van der Waals surface area (Å²) >= 11 is 0. The van der Waals surface area contributed by atoms with Crippen LogP contribution in [0.15, 0.2) is 48.6 Å². The number of ether oxygens (including phenoxy) is 1. The van der Waals surface area contributed by atoms with Crippen molar-refractivity contribution in [1.29, 1.82) is 0 Å². The van der Waals surface area contributed by atoms with Crippen molar-refractivity contribution >= 4 is 11.9 Å². The molecule has 0 heterocycles. The van der Waals surface area contributed by atoms with Gasteiger partial charge in [-0.15, -0.1) is 0 Å². The van der Waals surface area contributed by atoms with Gasteiger partial charge in [0.1, 0.15) is 0 Å². The van der Waals surface area contributed by atoms with Gasteiger partial charge in [0, 0.05) is 12.8 Å². The van der Waals surface area contributed by atoms with Gasteiger partial charge in [0.25, 0.3) is 0 Å². The number of unbranched alkanes of at least 4 members (excludes halogenated alkanes) is 49. The molecule has 0 aliphatic heterocycles. The fourth-order valence-corrected chi connectivity index (χ4v) is 10.9. The van der Waals surface area contributed by atoms with Crippen molar-refractivity contribution in [2.24, 2.45) is 0 Å². The molecule has 6 nitrogen and oxygen atoms in total. The van der Waals surface area contributed by atoms with Crippen LogP contribution in [0.2, 0.25) is 0 Å². The normalized spacial score (nSPS) is 12.8. The Morgan fingerprint density at radius 2 is 0.633 bits per heavy atom. The largest absolute Gasteiger partial charge is 0.466 e. The first kappa shape index (κ1) is 76.8. The van der Waals surface area contributed by atoms with Crippen molar-refractivity contribution in [3.05, 3.63) is 48.6 Å². The van der Waals surface area contributed by atoms with E-state index >= 15 is 0 Å². The van der Waals surface area contributed by atoms with Crippen molar-refractivity contribution < 1.29 is 24.5 Å². The first-order chi connectivity index (χ1) is 39.0. The lowest BCUT2D eigenvalue weighted by molar-refractivity contribution is -0.143. The first-order valence-corrected chi connectivity index (χ1v) is 35.4. The number of hydrogen-bond acceptors (Lipinski definition) is 5. The van der Waals surface area contributed by atoms with E-state index in [-0.39, 0.29) is 18.5 Å². The number of hydrogen-bond donors (Lipinski definition) is 3. The highest BCUT2D eigenvalue weighted by molar-refractivity contribution is 5.76. The molecular weight excluding hydrogens is 971 g/mol. The third-order valence-electron chi connectivity index (χ3n) is 16.3. The molecule has 0 fully saturated rings. The monoisotopic (exact) mass is 1110 g/mol. The Hall–Kier alpha value is -2.18.